The molecule has 0 fully saturated rings. The van der Waals surface area contributed by atoms with Crippen LogP contribution in [0.1, 0.15) is 5.56 Å². The van der Waals surface area contributed by atoms with Crippen molar-refractivity contribution >= 4 is 43.0 Å². The summed E-state index contributed by atoms with van der Waals surface area (Å²) in [4.78, 5) is -0.0307. The Balaban J connectivity index is 2.52. The predicted octanol–water partition coefficient (Wildman–Crippen LogP) is 2.73. The minimum Gasteiger partial charge on any atom is -0.399 e. The molecule has 5 nitrogen and oxygen atoms in total. The molecule has 0 aliphatic heterocycles. The average molecular weight is 356 g/mol. The van der Waals surface area contributed by atoms with Gasteiger partial charge >= 0.3 is 0 Å². The number of hydrogen-bond acceptors (Lipinski definition) is 4. The minimum atomic E-state index is -3.85. The van der Waals surface area contributed by atoms with Crippen LogP contribution in [0.2, 0.25) is 0 Å². The molecular formula is C13H14BrN3O2S. The van der Waals surface area contributed by atoms with Crippen LogP contribution in [0, 0.1) is 6.92 Å². The van der Waals surface area contributed by atoms with Crippen LogP contribution in [0.15, 0.2) is 45.8 Å². The standard InChI is InChI=1S/C13H14BrN3O2S/c1-8-2-3-9(14)6-12(8)17-11-5-4-10(15)7-13(11)20(16,18)19/h2-7,17H,15H2,1H3,(H2,16,18,19). The number of rotatable bonds is 3. The summed E-state index contributed by atoms with van der Waals surface area (Å²) < 4.78 is 24.1. The van der Waals surface area contributed by atoms with Gasteiger partial charge in [-0.1, -0.05) is 22.0 Å². The monoisotopic (exact) mass is 355 g/mol. The van der Waals surface area contributed by atoms with Gasteiger partial charge < -0.3 is 11.1 Å². The van der Waals surface area contributed by atoms with E-state index in [2.05, 4.69) is 21.2 Å². The first-order chi connectivity index (χ1) is 9.27. The number of anilines is 3. The van der Waals surface area contributed by atoms with Crippen LogP contribution in [0.3, 0.4) is 0 Å². The van der Waals surface area contributed by atoms with Crippen LogP contribution in [-0.2, 0) is 10.0 Å². The highest BCUT2D eigenvalue weighted by molar-refractivity contribution is 9.10. The number of nitrogen functional groups attached to an aromatic ring is 1. The predicted molar refractivity (Wildman–Crippen MR) is 84.4 cm³/mol. The van der Waals surface area contributed by atoms with Gasteiger partial charge in [-0.25, -0.2) is 13.6 Å². The molecule has 0 radical (unpaired) electrons. The number of nitrogens with two attached hydrogens (primary N) is 2. The maximum Gasteiger partial charge on any atom is 0.240 e. The van der Waals surface area contributed by atoms with Crippen molar-refractivity contribution in [3.8, 4) is 0 Å². The first-order valence-corrected chi connectivity index (χ1v) is 8.07. The fourth-order valence-electron chi connectivity index (χ4n) is 1.75. The first-order valence-electron chi connectivity index (χ1n) is 5.73. The molecule has 0 aliphatic rings. The molecule has 0 atom stereocenters. The summed E-state index contributed by atoms with van der Waals surface area (Å²) in [6.07, 6.45) is 0. The second-order valence-electron chi connectivity index (χ2n) is 4.38. The molecule has 7 heteroatoms. The Morgan fingerprint density at radius 3 is 2.45 bits per heavy atom. The molecule has 0 spiro atoms. The third kappa shape index (κ3) is 3.30. The van der Waals surface area contributed by atoms with Crippen LogP contribution in [0.25, 0.3) is 0 Å². The van der Waals surface area contributed by atoms with Crippen molar-refractivity contribution < 1.29 is 8.42 Å². The van der Waals surface area contributed by atoms with E-state index in [9.17, 15) is 8.42 Å². The van der Waals surface area contributed by atoms with Gasteiger partial charge in [0, 0.05) is 15.8 Å². The summed E-state index contributed by atoms with van der Waals surface area (Å²) in [6, 6.07) is 10.2. The molecule has 0 aliphatic carbocycles. The van der Waals surface area contributed by atoms with Gasteiger partial charge in [-0.2, -0.15) is 0 Å². The van der Waals surface area contributed by atoms with Gasteiger partial charge in [0.15, 0.2) is 0 Å². The molecule has 2 aromatic carbocycles. The van der Waals surface area contributed by atoms with Crippen LogP contribution in [0.4, 0.5) is 17.1 Å². The van der Waals surface area contributed by atoms with Crippen molar-refractivity contribution in [2.45, 2.75) is 11.8 Å². The molecule has 2 rings (SSSR count). The third-order valence-corrected chi connectivity index (χ3v) is 4.23. The topological polar surface area (TPSA) is 98.2 Å². The number of benzene rings is 2. The fourth-order valence-corrected chi connectivity index (χ4v) is 2.84. The lowest BCUT2D eigenvalue weighted by Gasteiger charge is -2.13. The molecule has 5 N–H and O–H groups in total. The molecule has 0 unspecified atom stereocenters. The Kier molecular flexibility index (Phi) is 4.03. The lowest BCUT2D eigenvalue weighted by atomic mass is 10.2. The van der Waals surface area contributed by atoms with E-state index in [1.165, 1.54) is 6.07 Å². The van der Waals surface area contributed by atoms with Gasteiger partial charge in [0.1, 0.15) is 4.90 Å². The van der Waals surface area contributed by atoms with Crippen LogP contribution in [-0.4, -0.2) is 8.42 Å². The molecule has 20 heavy (non-hydrogen) atoms. The van der Waals surface area contributed by atoms with E-state index in [-0.39, 0.29) is 4.90 Å². The van der Waals surface area contributed by atoms with Crippen LogP contribution >= 0.6 is 15.9 Å². The van der Waals surface area contributed by atoms with Crippen molar-refractivity contribution in [3.05, 3.63) is 46.4 Å². The summed E-state index contributed by atoms with van der Waals surface area (Å²) in [5.41, 5.74) is 8.11. The van der Waals surface area contributed by atoms with E-state index < -0.39 is 10.0 Å². The molecule has 0 bridgehead atoms. The minimum absolute atomic E-state index is 0.0307. The van der Waals surface area contributed by atoms with E-state index in [1.807, 2.05) is 25.1 Å². The summed E-state index contributed by atoms with van der Waals surface area (Å²) in [6.45, 7) is 1.92. The van der Waals surface area contributed by atoms with Crippen molar-refractivity contribution in [1.82, 2.24) is 0 Å². The molecule has 106 valence electrons. The summed E-state index contributed by atoms with van der Waals surface area (Å²) in [5, 5.41) is 8.29. The van der Waals surface area contributed by atoms with Crippen LogP contribution < -0.4 is 16.2 Å². The van der Waals surface area contributed by atoms with Crippen LogP contribution in [0.5, 0.6) is 0 Å². The summed E-state index contributed by atoms with van der Waals surface area (Å²) in [7, 11) is -3.85. The highest BCUT2D eigenvalue weighted by atomic mass is 79.9. The Morgan fingerprint density at radius 2 is 1.80 bits per heavy atom. The average Bonchev–Trinajstić information content (AvgIpc) is 2.34. The van der Waals surface area contributed by atoms with Crippen molar-refractivity contribution in [2.75, 3.05) is 11.1 Å². The maximum absolute atomic E-state index is 11.6. The smallest absolute Gasteiger partial charge is 0.240 e. The number of aryl methyl sites for hydroxylation is 1. The second kappa shape index (κ2) is 5.43. The van der Waals surface area contributed by atoms with Crippen molar-refractivity contribution in [3.63, 3.8) is 0 Å². The quantitative estimate of drug-likeness (QED) is 0.737. The molecule has 0 amide bonds. The molecule has 0 heterocycles. The van der Waals surface area contributed by atoms with Crippen molar-refractivity contribution in [1.29, 1.82) is 0 Å². The fraction of sp³-hybridized carbons (Fsp3) is 0.0769. The molecule has 0 saturated heterocycles. The number of hydrogen-bond donors (Lipinski definition) is 3. The van der Waals surface area contributed by atoms with Gasteiger partial charge in [0.2, 0.25) is 10.0 Å². The lowest BCUT2D eigenvalue weighted by molar-refractivity contribution is 0.598. The Hall–Kier alpha value is -1.57. The zero-order valence-electron chi connectivity index (χ0n) is 10.7. The third-order valence-electron chi connectivity index (χ3n) is 2.78. The van der Waals surface area contributed by atoms with E-state index in [0.717, 1.165) is 15.7 Å². The Labute approximate surface area is 126 Å². The zero-order valence-corrected chi connectivity index (χ0v) is 13.1. The van der Waals surface area contributed by atoms with Gasteiger partial charge in [-0.15, -0.1) is 0 Å². The number of sulfonamides is 1. The molecular weight excluding hydrogens is 342 g/mol. The highest BCUT2D eigenvalue weighted by Crippen LogP contribution is 2.29. The van der Waals surface area contributed by atoms with E-state index in [1.54, 1.807) is 12.1 Å². The normalized spacial score (nSPS) is 11.3. The summed E-state index contributed by atoms with van der Waals surface area (Å²) in [5.74, 6) is 0. The second-order valence-corrected chi connectivity index (χ2v) is 6.83. The number of halogens is 1. The van der Waals surface area contributed by atoms with E-state index >= 15 is 0 Å². The van der Waals surface area contributed by atoms with Crippen molar-refractivity contribution in [2.24, 2.45) is 5.14 Å². The van der Waals surface area contributed by atoms with E-state index in [0.29, 0.717) is 11.4 Å². The first kappa shape index (κ1) is 14.8. The Morgan fingerprint density at radius 1 is 1.10 bits per heavy atom. The van der Waals surface area contributed by atoms with Gasteiger partial charge in [-0.05, 0) is 42.8 Å². The summed E-state index contributed by atoms with van der Waals surface area (Å²) >= 11 is 3.38. The largest absolute Gasteiger partial charge is 0.399 e. The maximum atomic E-state index is 11.6. The molecule has 0 saturated carbocycles. The zero-order chi connectivity index (χ0) is 14.9. The lowest BCUT2D eigenvalue weighted by Crippen LogP contribution is -2.14. The van der Waals surface area contributed by atoms with Gasteiger partial charge in [0.05, 0.1) is 5.69 Å². The number of primary sulfonamides is 1. The van der Waals surface area contributed by atoms with Gasteiger partial charge in [-0.3, -0.25) is 0 Å². The number of nitrogens with one attached hydrogen (secondary N) is 1. The SMILES string of the molecule is Cc1ccc(Br)cc1Nc1ccc(N)cc1S(N)(=O)=O. The van der Waals surface area contributed by atoms with E-state index in [4.69, 9.17) is 10.9 Å². The molecule has 0 aromatic heterocycles. The van der Waals surface area contributed by atoms with Gasteiger partial charge in [0.25, 0.3) is 0 Å². The highest BCUT2D eigenvalue weighted by Gasteiger charge is 2.15. The molecule has 2 aromatic rings. The Bertz CT molecular complexity index is 760.